The Labute approximate surface area is 189 Å². The predicted molar refractivity (Wildman–Crippen MR) is 122 cm³/mol. The first kappa shape index (κ1) is 24.9. The minimum Gasteiger partial charge on any atom is -0.507 e. The van der Waals surface area contributed by atoms with Crippen LogP contribution in [0, 0.1) is 24.2 Å². The molecule has 3 atom stereocenters. The first-order valence-electron chi connectivity index (χ1n) is 10.5. The van der Waals surface area contributed by atoms with E-state index in [1.165, 1.54) is 0 Å². The van der Waals surface area contributed by atoms with Crippen molar-refractivity contribution in [3.05, 3.63) is 45.5 Å². The van der Waals surface area contributed by atoms with Gasteiger partial charge < -0.3 is 9.84 Å². The number of phenols is 1. The molecule has 1 N–H and O–H groups in total. The topological polar surface area (TPSA) is 80.7 Å². The molecule has 0 spiro atoms. The smallest absolute Gasteiger partial charge is 0.157 e. The average molecular weight is 447 g/mol. The van der Waals surface area contributed by atoms with Crippen LogP contribution in [-0.4, -0.2) is 30.1 Å². The average Bonchev–Trinajstić information content (AvgIpc) is 2.75. The van der Waals surface area contributed by atoms with Crippen LogP contribution in [0.2, 0.25) is 5.02 Å². The van der Waals surface area contributed by atoms with Crippen LogP contribution in [-0.2, 0) is 16.0 Å². The van der Waals surface area contributed by atoms with Crippen molar-refractivity contribution in [2.75, 3.05) is 6.61 Å². The van der Waals surface area contributed by atoms with Crippen LogP contribution in [0.5, 0.6) is 11.5 Å². The highest BCUT2D eigenvalue weighted by Gasteiger charge is 2.41. The van der Waals surface area contributed by atoms with E-state index in [0.717, 1.165) is 12.0 Å². The van der Waals surface area contributed by atoms with Crippen LogP contribution < -0.4 is 4.74 Å². The molecule has 0 bridgehead atoms. The maximum atomic E-state index is 12.2. The van der Waals surface area contributed by atoms with Crippen LogP contribution >= 0.6 is 11.6 Å². The Morgan fingerprint density at radius 3 is 2.61 bits per heavy atom. The fourth-order valence-corrected chi connectivity index (χ4v) is 4.35. The molecule has 0 saturated heterocycles. The number of aromatic hydroxyl groups is 1. The normalized spacial score (nSPS) is 24.5. The van der Waals surface area contributed by atoms with Gasteiger partial charge in [0, 0.05) is 17.9 Å². The Morgan fingerprint density at radius 2 is 2.00 bits per heavy atom. The minimum absolute atomic E-state index is 0.0428. The molecular weight excluding hydrogens is 416 g/mol. The van der Waals surface area contributed by atoms with Crippen molar-refractivity contribution < 1.29 is 24.2 Å². The van der Waals surface area contributed by atoms with E-state index in [-0.39, 0.29) is 46.4 Å². The van der Waals surface area contributed by atoms with Crippen LogP contribution in [0.25, 0.3) is 0 Å². The summed E-state index contributed by atoms with van der Waals surface area (Å²) in [6.45, 7) is 9.62. The van der Waals surface area contributed by atoms with Gasteiger partial charge in [-0.05, 0) is 43.6 Å². The molecule has 1 aromatic rings. The fourth-order valence-electron chi connectivity index (χ4n) is 4.08. The van der Waals surface area contributed by atoms with Gasteiger partial charge in [-0.3, -0.25) is 14.4 Å². The van der Waals surface area contributed by atoms with E-state index in [4.69, 9.17) is 16.3 Å². The van der Waals surface area contributed by atoms with Crippen LogP contribution in [0.15, 0.2) is 23.8 Å². The predicted octanol–water partition coefficient (Wildman–Crippen LogP) is 5.43. The van der Waals surface area contributed by atoms with Gasteiger partial charge >= 0.3 is 0 Å². The zero-order valence-electron chi connectivity index (χ0n) is 18.8. The highest BCUT2D eigenvalue weighted by atomic mass is 35.5. The number of ether oxygens (including phenoxy) is 1. The number of ketones is 1. The first-order chi connectivity index (χ1) is 14.6. The van der Waals surface area contributed by atoms with Crippen LogP contribution in [0.1, 0.15) is 62.0 Å². The van der Waals surface area contributed by atoms with Gasteiger partial charge in [0.05, 0.1) is 10.6 Å². The first-order valence-corrected chi connectivity index (χ1v) is 10.9. The molecule has 0 aromatic heterocycles. The highest BCUT2D eigenvalue weighted by Crippen LogP contribution is 2.45. The number of hydrogen-bond donors (Lipinski definition) is 1. The molecule has 31 heavy (non-hydrogen) atoms. The molecule has 0 aliphatic heterocycles. The molecule has 0 amide bonds. The number of halogens is 1. The standard InChI is InChI=1S/C25H31ClO5/c1-15(10-11-25(5)16(2)7-9-21(29)18(25)4)6-8-19-23(30)20(14-28)17(3)22(26)24(19)31-13-12-27/h6,10-12,14,16,18,30H,7-9,13H2,1-5H3/b11-10+,15-6+/t16-,18+,25+/m1/s1. The SMILES string of the molecule is CC(/C=C/[C@@]1(C)[C@H](C)CCC(=O)[C@@H]1C)=C\Cc1c(O)c(C=O)c(C)c(Cl)c1OCC=O. The maximum Gasteiger partial charge on any atom is 0.157 e. The lowest BCUT2D eigenvalue weighted by molar-refractivity contribution is -0.129. The number of carbonyl (C=O) groups is 3. The molecular formula is C25H31ClO5. The number of phenolic OH excluding ortho intramolecular Hbond substituents is 1. The Hall–Kier alpha value is -2.40. The van der Waals surface area contributed by atoms with Crippen molar-refractivity contribution in [3.8, 4) is 11.5 Å². The molecule has 0 radical (unpaired) electrons. The molecule has 1 aliphatic carbocycles. The van der Waals surface area contributed by atoms with E-state index in [1.54, 1.807) is 6.92 Å². The Morgan fingerprint density at radius 1 is 1.32 bits per heavy atom. The second-order valence-electron chi connectivity index (χ2n) is 8.58. The fraction of sp³-hybridized carbons (Fsp3) is 0.480. The third kappa shape index (κ3) is 5.09. The van der Waals surface area contributed by atoms with Crippen molar-refractivity contribution in [1.29, 1.82) is 0 Å². The van der Waals surface area contributed by atoms with Crippen molar-refractivity contribution >= 4 is 30.0 Å². The molecule has 6 heteroatoms. The van der Waals surface area contributed by atoms with Gasteiger partial charge in [-0.2, -0.15) is 0 Å². The quantitative estimate of drug-likeness (QED) is 0.425. The summed E-state index contributed by atoms with van der Waals surface area (Å²) in [4.78, 5) is 34.5. The maximum absolute atomic E-state index is 12.2. The van der Waals surface area contributed by atoms with E-state index in [9.17, 15) is 19.5 Å². The van der Waals surface area contributed by atoms with E-state index in [0.29, 0.717) is 41.8 Å². The van der Waals surface area contributed by atoms with Gasteiger partial charge in [-0.25, -0.2) is 0 Å². The number of benzene rings is 1. The Balaban J connectivity index is 2.36. The zero-order valence-corrected chi connectivity index (χ0v) is 19.6. The summed E-state index contributed by atoms with van der Waals surface area (Å²) in [7, 11) is 0. The zero-order chi connectivity index (χ0) is 23.3. The second-order valence-corrected chi connectivity index (χ2v) is 8.96. The number of Topliss-reactive ketones (excluding diaryl/α,β-unsaturated/α-hetero) is 1. The van der Waals surface area contributed by atoms with Gasteiger partial charge in [0.2, 0.25) is 0 Å². The van der Waals surface area contributed by atoms with E-state index in [2.05, 4.69) is 19.9 Å². The summed E-state index contributed by atoms with van der Waals surface area (Å²) < 4.78 is 5.46. The molecule has 1 aliphatic rings. The molecule has 0 unspecified atom stereocenters. The van der Waals surface area contributed by atoms with E-state index >= 15 is 0 Å². The summed E-state index contributed by atoms with van der Waals surface area (Å²) >= 11 is 6.35. The van der Waals surface area contributed by atoms with Crippen molar-refractivity contribution in [1.82, 2.24) is 0 Å². The van der Waals surface area contributed by atoms with Crippen molar-refractivity contribution in [2.24, 2.45) is 17.3 Å². The van der Waals surface area contributed by atoms with E-state index < -0.39 is 0 Å². The molecule has 5 nitrogen and oxygen atoms in total. The number of allylic oxidation sites excluding steroid dienone is 4. The monoisotopic (exact) mass is 446 g/mol. The molecule has 1 saturated carbocycles. The third-order valence-electron chi connectivity index (χ3n) is 6.80. The minimum atomic E-state index is -0.220. The summed E-state index contributed by atoms with van der Waals surface area (Å²) in [5, 5.41) is 10.8. The Bertz CT molecular complexity index is 931. The summed E-state index contributed by atoms with van der Waals surface area (Å²) in [5.74, 6) is 0.651. The molecule has 168 valence electrons. The van der Waals surface area contributed by atoms with Crippen LogP contribution in [0.4, 0.5) is 0 Å². The summed E-state index contributed by atoms with van der Waals surface area (Å²) in [6, 6.07) is 0. The number of aldehydes is 2. The highest BCUT2D eigenvalue weighted by molar-refractivity contribution is 6.33. The number of rotatable bonds is 8. The lowest BCUT2D eigenvalue weighted by Crippen LogP contribution is -2.40. The van der Waals surface area contributed by atoms with Gasteiger partial charge in [-0.1, -0.05) is 56.2 Å². The van der Waals surface area contributed by atoms with Gasteiger partial charge in [-0.15, -0.1) is 0 Å². The lowest BCUT2D eigenvalue weighted by Gasteiger charge is -2.42. The lowest BCUT2D eigenvalue weighted by atomic mass is 9.61. The Kier molecular flexibility index (Phi) is 8.24. The van der Waals surface area contributed by atoms with Crippen LogP contribution in [0.3, 0.4) is 0 Å². The molecule has 2 rings (SSSR count). The molecule has 1 aromatic carbocycles. The van der Waals surface area contributed by atoms with Gasteiger partial charge in [0.1, 0.15) is 23.9 Å². The molecule has 1 fully saturated rings. The summed E-state index contributed by atoms with van der Waals surface area (Å²) in [6.07, 6.45) is 8.92. The van der Waals surface area contributed by atoms with Gasteiger partial charge in [0.15, 0.2) is 12.6 Å². The van der Waals surface area contributed by atoms with Gasteiger partial charge in [0.25, 0.3) is 0 Å². The number of carbonyl (C=O) groups excluding carboxylic acids is 3. The second kappa shape index (κ2) is 10.3. The van der Waals surface area contributed by atoms with Crippen molar-refractivity contribution in [3.63, 3.8) is 0 Å². The largest absolute Gasteiger partial charge is 0.507 e. The van der Waals surface area contributed by atoms with Crippen molar-refractivity contribution in [2.45, 2.75) is 53.9 Å². The third-order valence-corrected chi connectivity index (χ3v) is 7.25. The molecule has 0 heterocycles. The number of hydrogen-bond acceptors (Lipinski definition) is 5. The van der Waals surface area contributed by atoms with E-state index in [1.807, 2.05) is 26.0 Å². The summed E-state index contributed by atoms with van der Waals surface area (Å²) in [5.41, 5.74) is 1.58.